The zero-order valence-corrected chi connectivity index (χ0v) is 17.4. The number of benzene rings is 1. The summed E-state index contributed by atoms with van der Waals surface area (Å²) in [7, 11) is 3.57. The van der Waals surface area contributed by atoms with Crippen molar-refractivity contribution in [2.24, 2.45) is 7.05 Å². The summed E-state index contributed by atoms with van der Waals surface area (Å²) in [5.41, 5.74) is 4.78. The topological polar surface area (TPSA) is 84.8 Å². The number of carbonyl (C=O) groups is 1. The number of amides is 1. The molecular formula is C22H27N5O2. The fraction of sp³-hybridized carbons (Fsp3) is 0.409. The Hall–Kier alpha value is -3.09. The molecule has 7 heteroatoms. The highest BCUT2D eigenvalue weighted by Gasteiger charge is 2.38. The standard InChI is InChI=1S/C22H27N5O2/c1-14-20(15(2)27(3)26-14)18-13-19(25-24-18)21(28)23-22(10-5-6-11-22)16-8-7-9-17(12-16)29-4/h7-9,12-13H,5-6,10-11H2,1-4H3,(H,23,28)(H,24,25). The highest BCUT2D eigenvalue weighted by molar-refractivity contribution is 5.94. The van der Waals surface area contributed by atoms with Crippen LogP contribution in [0.25, 0.3) is 11.3 Å². The number of aryl methyl sites for hydroxylation is 2. The maximum atomic E-state index is 13.1. The van der Waals surface area contributed by atoms with Gasteiger partial charge in [-0.25, -0.2) is 0 Å². The monoisotopic (exact) mass is 393 g/mol. The van der Waals surface area contributed by atoms with E-state index >= 15 is 0 Å². The molecule has 1 fully saturated rings. The Morgan fingerprint density at radius 1 is 1.24 bits per heavy atom. The van der Waals surface area contributed by atoms with Crippen LogP contribution in [0.3, 0.4) is 0 Å². The summed E-state index contributed by atoms with van der Waals surface area (Å²) in [4.78, 5) is 13.1. The van der Waals surface area contributed by atoms with Gasteiger partial charge in [0.1, 0.15) is 11.4 Å². The highest BCUT2D eigenvalue weighted by atomic mass is 16.5. The molecule has 1 saturated carbocycles. The Morgan fingerprint density at radius 3 is 2.66 bits per heavy atom. The molecule has 2 N–H and O–H groups in total. The van der Waals surface area contributed by atoms with Crippen LogP contribution in [-0.2, 0) is 12.6 Å². The van der Waals surface area contributed by atoms with Gasteiger partial charge < -0.3 is 10.1 Å². The third-order valence-corrected chi connectivity index (χ3v) is 6.02. The van der Waals surface area contributed by atoms with Gasteiger partial charge in [0.05, 0.1) is 24.0 Å². The lowest BCUT2D eigenvalue weighted by Crippen LogP contribution is -2.44. The maximum absolute atomic E-state index is 13.1. The molecule has 1 aliphatic rings. The van der Waals surface area contributed by atoms with E-state index in [2.05, 4.69) is 26.7 Å². The molecule has 29 heavy (non-hydrogen) atoms. The molecule has 0 saturated heterocycles. The van der Waals surface area contributed by atoms with Gasteiger partial charge in [-0.05, 0) is 50.5 Å². The lowest BCUT2D eigenvalue weighted by molar-refractivity contribution is 0.0892. The summed E-state index contributed by atoms with van der Waals surface area (Å²) in [6, 6.07) is 9.79. The van der Waals surface area contributed by atoms with Crippen molar-refractivity contribution < 1.29 is 9.53 Å². The number of rotatable bonds is 5. The Kier molecular flexibility index (Phi) is 4.90. The summed E-state index contributed by atoms with van der Waals surface area (Å²) in [5, 5.41) is 15.0. The molecule has 152 valence electrons. The van der Waals surface area contributed by atoms with Gasteiger partial charge in [-0.15, -0.1) is 0 Å². The molecular weight excluding hydrogens is 366 g/mol. The number of ether oxygens (including phenoxy) is 1. The smallest absolute Gasteiger partial charge is 0.270 e. The minimum absolute atomic E-state index is 0.146. The third kappa shape index (κ3) is 3.41. The molecule has 0 atom stereocenters. The number of nitrogens with one attached hydrogen (secondary N) is 2. The molecule has 2 aromatic heterocycles. The Balaban J connectivity index is 1.62. The van der Waals surface area contributed by atoms with Crippen LogP contribution in [0.4, 0.5) is 0 Å². The predicted octanol–water partition coefficient (Wildman–Crippen LogP) is 3.63. The lowest BCUT2D eigenvalue weighted by atomic mass is 9.87. The van der Waals surface area contributed by atoms with Crippen molar-refractivity contribution in [2.75, 3.05) is 7.11 Å². The van der Waals surface area contributed by atoms with Crippen LogP contribution in [0.5, 0.6) is 5.75 Å². The second kappa shape index (κ2) is 7.39. The van der Waals surface area contributed by atoms with Crippen molar-refractivity contribution in [2.45, 2.75) is 45.1 Å². The van der Waals surface area contributed by atoms with Crippen molar-refractivity contribution in [3.63, 3.8) is 0 Å². The zero-order valence-electron chi connectivity index (χ0n) is 17.4. The Bertz CT molecular complexity index is 1040. The first-order chi connectivity index (χ1) is 13.9. The maximum Gasteiger partial charge on any atom is 0.270 e. The molecule has 1 aliphatic carbocycles. The van der Waals surface area contributed by atoms with Gasteiger partial charge in [0, 0.05) is 18.3 Å². The first-order valence-electron chi connectivity index (χ1n) is 9.96. The summed E-state index contributed by atoms with van der Waals surface area (Å²) in [6.45, 7) is 3.95. The molecule has 4 rings (SSSR count). The number of aromatic nitrogens is 4. The Labute approximate surface area is 170 Å². The van der Waals surface area contributed by atoms with E-state index in [1.165, 1.54) is 0 Å². The Morgan fingerprint density at radius 2 is 2.00 bits per heavy atom. The van der Waals surface area contributed by atoms with Crippen molar-refractivity contribution in [3.05, 3.63) is 53.0 Å². The van der Waals surface area contributed by atoms with Gasteiger partial charge in [0.25, 0.3) is 5.91 Å². The normalized spacial score (nSPS) is 15.4. The van der Waals surface area contributed by atoms with E-state index in [0.717, 1.165) is 59.6 Å². The van der Waals surface area contributed by atoms with Gasteiger partial charge in [-0.1, -0.05) is 25.0 Å². The fourth-order valence-corrected chi connectivity index (χ4v) is 4.38. The number of hydrogen-bond acceptors (Lipinski definition) is 4. The quantitative estimate of drug-likeness (QED) is 0.693. The second-order valence-electron chi connectivity index (χ2n) is 7.81. The third-order valence-electron chi connectivity index (χ3n) is 6.02. The van der Waals surface area contributed by atoms with E-state index < -0.39 is 0 Å². The second-order valence-corrected chi connectivity index (χ2v) is 7.81. The largest absolute Gasteiger partial charge is 0.497 e. The molecule has 0 aliphatic heterocycles. The van der Waals surface area contributed by atoms with E-state index in [9.17, 15) is 4.79 Å². The number of aromatic amines is 1. The lowest BCUT2D eigenvalue weighted by Gasteiger charge is -2.31. The van der Waals surface area contributed by atoms with Gasteiger partial charge in [-0.2, -0.15) is 10.2 Å². The van der Waals surface area contributed by atoms with Gasteiger partial charge >= 0.3 is 0 Å². The number of methoxy groups -OCH3 is 1. The first-order valence-corrected chi connectivity index (χ1v) is 9.96. The molecule has 1 aromatic carbocycles. The van der Waals surface area contributed by atoms with Crippen LogP contribution in [0.1, 0.15) is 53.1 Å². The molecule has 1 amide bonds. The van der Waals surface area contributed by atoms with Crippen molar-refractivity contribution in [1.29, 1.82) is 0 Å². The number of H-pyrrole nitrogens is 1. The van der Waals surface area contributed by atoms with Crippen LogP contribution in [-0.4, -0.2) is 33.0 Å². The fourth-order valence-electron chi connectivity index (χ4n) is 4.38. The molecule has 7 nitrogen and oxygen atoms in total. The average molecular weight is 393 g/mol. The van der Waals surface area contributed by atoms with Crippen LogP contribution in [0.15, 0.2) is 30.3 Å². The van der Waals surface area contributed by atoms with Crippen LogP contribution in [0, 0.1) is 13.8 Å². The summed E-state index contributed by atoms with van der Waals surface area (Å²) >= 11 is 0. The summed E-state index contributed by atoms with van der Waals surface area (Å²) < 4.78 is 7.22. The van der Waals surface area contributed by atoms with E-state index in [1.54, 1.807) is 13.2 Å². The van der Waals surface area contributed by atoms with E-state index in [1.807, 2.05) is 43.8 Å². The van der Waals surface area contributed by atoms with E-state index in [-0.39, 0.29) is 11.4 Å². The molecule has 0 bridgehead atoms. The highest BCUT2D eigenvalue weighted by Crippen LogP contribution is 2.40. The number of hydrogen-bond donors (Lipinski definition) is 2. The summed E-state index contributed by atoms with van der Waals surface area (Å²) in [5.74, 6) is 0.655. The average Bonchev–Trinajstić information content (AvgIpc) is 3.43. The predicted molar refractivity (Wildman–Crippen MR) is 111 cm³/mol. The minimum Gasteiger partial charge on any atom is -0.497 e. The SMILES string of the molecule is COc1cccc(C2(NC(=O)c3cc(-c4c(C)nn(C)c4C)n[nH]3)CCCC2)c1. The molecule has 0 spiro atoms. The molecule has 3 aromatic rings. The van der Waals surface area contributed by atoms with Gasteiger partial charge in [0.15, 0.2) is 0 Å². The first kappa shape index (κ1) is 19.2. The van der Waals surface area contributed by atoms with Crippen molar-refractivity contribution in [3.8, 4) is 17.0 Å². The van der Waals surface area contributed by atoms with Crippen molar-refractivity contribution in [1.82, 2.24) is 25.3 Å². The molecule has 0 radical (unpaired) electrons. The van der Waals surface area contributed by atoms with Crippen LogP contribution >= 0.6 is 0 Å². The zero-order chi connectivity index (χ0) is 20.6. The van der Waals surface area contributed by atoms with Crippen LogP contribution < -0.4 is 10.1 Å². The minimum atomic E-state index is -0.378. The number of nitrogens with zero attached hydrogens (tertiary/aromatic N) is 3. The van der Waals surface area contributed by atoms with Gasteiger partial charge in [0.2, 0.25) is 0 Å². The molecule has 2 heterocycles. The van der Waals surface area contributed by atoms with Crippen LogP contribution in [0.2, 0.25) is 0 Å². The van der Waals surface area contributed by atoms with E-state index in [4.69, 9.17) is 4.74 Å². The van der Waals surface area contributed by atoms with E-state index in [0.29, 0.717) is 5.69 Å². The summed E-state index contributed by atoms with van der Waals surface area (Å²) in [6.07, 6.45) is 3.99. The van der Waals surface area contributed by atoms with Crippen molar-refractivity contribution >= 4 is 5.91 Å². The molecule has 0 unspecified atom stereocenters. The van der Waals surface area contributed by atoms with Gasteiger partial charge in [-0.3, -0.25) is 14.6 Å². The number of carbonyl (C=O) groups excluding carboxylic acids is 1.